The zero-order valence-electron chi connectivity index (χ0n) is 15.6. The van der Waals surface area contributed by atoms with Gasteiger partial charge in [0.25, 0.3) is 0 Å². The second-order valence-corrected chi connectivity index (χ2v) is 6.62. The highest BCUT2D eigenvalue weighted by Gasteiger charge is 2.12. The summed E-state index contributed by atoms with van der Waals surface area (Å²) in [5, 5.41) is 4.03. The number of fused-ring (bicyclic) bond motifs is 1. The number of nitrogens with one attached hydrogen (secondary N) is 1. The average Bonchev–Trinajstić information content (AvgIpc) is 3.05. The predicted octanol–water partition coefficient (Wildman–Crippen LogP) is 4.35. The first kappa shape index (κ1) is 18.1. The molecule has 0 unspecified atom stereocenters. The molecule has 3 aromatic rings. The second kappa shape index (κ2) is 8.09. The first-order valence-electron chi connectivity index (χ1n) is 8.94. The largest absolute Gasteiger partial charge is 0.497 e. The number of amides is 1. The van der Waals surface area contributed by atoms with Crippen molar-refractivity contribution in [2.75, 3.05) is 13.7 Å². The summed E-state index contributed by atoms with van der Waals surface area (Å²) in [5.41, 5.74) is 5.39. The lowest BCUT2D eigenvalue weighted by Crippen LogP contribution is -2.26. The fourth-order valence-corrected chi connectivity index (χ4v) is 3.07. The molecule has 3 rings (SSSR count). The fourth-order valence-electron chi connectivity index (χ4n) is 3.07. The number of carbonyl (C=O) groups is 1. The van der Waals surface area contributed by atoms with E-state index in [4.69, 9.17) is 9.15 Å². The summed E-state index contributed by atoms with van der Waals surface area (Å²) in [6, 6.07) is 12.1. The Bertz CT molecular complexity index is 894. The average molecular weight is 351 g/mol. The van der Waals surface area contributed by atoms with Crippen molar-refractivity contribution in [1.29, 1.82) is 0 Å². The molecule has 0 bridgehead atoms. The quantitative estimate of drug-likeness (QED) is 0.644. The predicted molar refractivity (Wildman–Crippen MR) is 104 cm³/mol. The number of furan rings is 1. The van der Waals surface area contributed by atoms with Crippen LogP contribution in [0.25, 0.3) is 11.0 Å². The van der Waals surface area contributed by atoms with Gasteiger partial charge in [-0.15, -0.1) is 0 Å². The van der Waals surface area contributed by atoms with E-state index in [2.05, 4.69) is 30.4 Å². The van der Waals surface area contributed by atoms with Crippen LogP contribution in [-0.4, -0.2) is 19.6 Å². The maximum atomic E-state index is 12.2. The Morgan fingerprint density at radius 1 is 1.12 bits per heavy atom. The van der Waals surface area contributed by atoms with E-state index >= 15 is 0 Å². The summed E-state index contributed by atoms with van der Waals surface area (Å²) >= 11 is 0. The molecule has 0 spiro atoms. The standard InChI is InChI=1S/C22H25NO3/c1-15-6-11-20-18(14-26-22(20)16(15)2)13-21(24)23-12-4-5-17-7-9-19(25-3)10-8-17/h6-11,14H,4-5,12-13H2,1-3H3,(H,23,24). The number of ether oxygens (including phenoxy) is 1. The Hall–Kier alpha value is -2.75. The van der Waals surface area contributed by atoms with E-state index in [-0.39, 0.29) is 5.91 Å². The zero-order chi connectivity index (χ0) is 18.5. The zero-order valence-corrected chi connectivity index (χ0v) is 15.6. The molecule has 0 aliphatic heterocycles. The van der Waals surface area contributed by atoms with Gasteiger partial charge >= 0.3 is 0 Å². The lowest BCUT2D eigenvalue weighted by molar-refractivity contribution is -0.120. The molecule has 26 heavy (non-hydrogen) atoms. The van der Waals surface area contributed by atoms with Crippen LogP contribution in [0, 0.1) is 13.8 Å². The summed E-state index contributed by atoms with van der Waals surface area (Å²) in [4.78, 5) is 12.2. The fraction of sp³-hybridized carbons (Fsp3) is 0.318. The maximum absolute atomic E-state index is 12.2. The third-order valence-corrected chi connectivity index (χ3v) is 4.82. The van der Waals surface area contributed by atoms with Gasteiger partial charge in [-0.2, -0.15) is 0 Å². The van der Waals surface area contributed by atoms with Crippen LogP contribution in [0.4, 0.5) is 0 Å². The lowest BCUT2D eigenvalue weighted by atomic mass is 10.0. The molecule has 0 radical (unpaired) electrons. The Labute approximate surface area is 154 Å². The highest BCUT2D eigenvalue weighted by Crippen LogP contribution is 2.26. The molecule has 0 saturated carbocycles. The molecule has 1 aromatic heterocycles. The Kier molecular flexibility index (Phi) is 5.61. The number of methoxy groups -OCH3 is 1. The molecule has 0 aliphatic rings. The van der Waals surface area contributed by atoms with Crippen molar-refractivity contribution in [3.8, 4) is 5.75 Å². The maximum Gasteiger partial charge on any atom is 0.224 e. The molecule has 4 heteroatoms. The topological polar surface area (TPSA) is 51.5 Å². The summed E-state index contributed by atoms with van der Waals surface area (Å²) in [6.45, 7) is 4.77. The molecule has 4 nitrogen and oxygen atoms in total. The van der Waals surface area contributed by atoms with Gasteiger partial charge in [-0.05, 0) is 55.5 Å². The third kappa shape index (κ3) is 4.07. The minimum Gasteiger partial charge on any atom is -0.497 e. The molecule has 0 aliphatic carbocycles. The second-order valence-electron chi connectivity index (χ2n) is 6.62. The lowest BCUT2D eigenvalue weighted by Gasteiger charge is -2.06. The van der Waals surface area contributed by atoms with Gasteiger partial charge in [0.15, 0.2) is 0 Å². The van der Waals surface area contributed by atoms with Gasteiger partial charge in [0.1, 0.15) is 11.3 Å². The molecule has 2 aromatic carbocycles. The van der Waals surface area contributed by atoms with E-state index in [9.17, 15) is 4.79 Å². The first-order valence-corrected chi connectivity index (χ1v) is 8.94. The van der Waals surface area contributed by atoms with Crippen molar-refractivity contribution >= 4 is 16.9 Å². The van der Waals surface area contributed by atoms with Gasteiger partial charge in [-0.3, -0.25) is 4.79 Å². The van der Waals surface area contributed by atoms with E-state index in [1.165, 1.54) is 11.1 Å². The Morgan fingerprint density at radius 2 is 1.88 bits per heavy atom. The number of aryl methyl sites for hydroxylation is 3. The SMILES string of the molecule is COc1ccc(CCCNC(=O)Cc2coc3c(C)c(C)ccc23)cc1. The molecule has 0 atom stereocenters. The van der Waals surface area contributed by atoms with Crippen molar-refractivity contribution in [1.82, 2.24) is 5.32 Å². The van der Waals surface area contributed by atoms with E-state index in [1.807, 2.05) is 25.1 Å². The van der Waals surface area contributed by atoms with Crippen LogP contribution in [0.15, 0.2) is 47.1 Å². The summed E-state index contributed by atoms with van der Waals surface area (Å²) in [7, 11) is 1.66. The van der Waals surface area contributed by atoms with Crippen molar-refractivity contribution < 1.29 is 13.9 Å². The number of carbonyl (C=O) groups excluding carboxylic acids is 1. The highest BCUT2D eigenvalue weighted by molar-refractivity contribution is 5.89. The minimum atomic E-state index is 0.0284. The van der Waals surface area contributed by atoms with Crippen LogP contribution in [0.5, 0.6) is 5.75 Å². The number of rotatable bonds is 7. The smallest absolute Gasteiger partial charge is 0.224 e. The minimum absolute atomic E-state index is 0.0284. The van der Waals surface area contributed by atoms with Gasteiger partial charge in [0.05, 0.1) is 19.8 Å². The van der Waals surface area contributed by atoms with E-state index < -0.39 is 0 Å². The molecule has 1 amide bonds. The first-order chi connectivity index (χ1) is 12.6. The molecule has 1 heterocycles. The molecule has 136 valence electrons. The van der Waals surface area contributed by atoms with Gasteiger partial charge in [-0.1, -0.05) is 24.3 Å². The van der Waals surface area contributed by atoms with Crippen molar-refractivity contribution in [2.24, 2.45) is 0 Å². The van der Waals surface area contributed by atoms with Gasteiger partial charge in [0.2, 0.25) is 5.91 Å². The molecular weight excluding hydrogens is 326 g/mol. The monoisotopic (exact) mass is 351 g/mol. The van der Waals surface area contributed by atoms with E-state index in [0.29, 0.717) is 13.0 Å². The number of hydrogen-bond acceptors (Lipinski definition) is 3. The van der Waals surface area contributed by atoms with E-state index in [1.54, 1.807) is 13.4 Å². The summed E-state index contributed by atoms with van der Waals surface area (Å²) in [6.07, 6.45) is 3.88. The van der Waals surface area contributed by atoms with Gasteiger partial charge in [0, 0.05) is 17.5 Å². The van der Waals surface area contributed by atoms with E-state index in [0.717, 1.165) is 40.7 Å². The third-order valence-electron chi connectivity index (χ3n) is 4.82. The molecule has 0 fully saturated rings. The molecule has 1 N–H and O–H groups in total. The summed E-state index contributed by atoms with van der Waals surface area (Å²) in [5.74, 6) is 0.889. The highest BCUT2D eigenvalue weighted by atomic mass is 16.5. The van der Waals surface area contributed by atoms with Crippen molar-refractivity contribution in [3.05, 3.63) is 64.9 Å². The normalized spacial score (nSPS) is 10.9. The molecular formula is C22H25NO3. The molecule has 0 saturated heterocycles. The van der Waals surface area contributed by atoms with Crippen LogP contribution in [-0.2, 0) is 17.6 Å². The van der Waals surface area contributed by atoms with Crippen molar-refractivity contribution in [3.63, 3.8) is 0 Å². The van der Waals surface area contributed by atoms with Gasteiger partial charge in [-0.25, -0.2) is 0 Å². The van der Waals surface area contributed by atoms with Crippen LogP contribution in [0.1, 0.15) is 28.7 Å². The van der Waals surface area contributed by atoms with Crippen LogP contribution < -0.4 is 10.1 Å². The van der Waals surface area contributed by atoms with Crippen LogP contribution >= 0.6 is 0 Å². The van der Waals surface area contributed by atoms with Crippen LogP contribution in [0.2, 0.25) is 0 Å². The van der Waals surface area contributed by atoms with Gasteiger partial charge < -0.3 is 14.5 Å². The number of benzene rings is 2. The van der Waals surface area contributed by atoms with Crippen LogP contribution in [0.3, 0.4) is 0 Å². The summed E-state index contributed by atoms with van der Waals surface area (Å²) < 4.78 is 10.8. The Balaban J connectivity index is 1.49. The van der Waals surface area contributed by atoms with Crippen molar-refractivity contribution in [2.45, 2.75) is 33.1 Å². The number of hydrogen-bond donors (Lipinski definition) is 1. The Morgan fingerprint density at radius 3 is 2.62 bits per heavy atom.